The zero-order valence-corrected chi connectivity index (χ0v) is 13.1. The lowest BCUT2D eigenvalue weighted by atomic mass is 10.2. The smallest absolute Gasteiger partial charge is 0.130 e. The van der Waals surface area contributed by atoms with E-state index in [1.165, 1.54) is 12.8 Å². The maximum Gasteiger partial charge on any atom is 0.382 e. The molecule has 0 radical (unpaired) electrons. The summed E-state index contributed by atoms with van der Waals surface area (Å²) in [7, 11) is -2.81. The van der Waals surface area contributed by atoms with E-state index < -0.39 is 7.87 Å². The van der Waals surface area contributed by atoms with Gasteiger partial charge in [0.1, 0.15) is 0 Å². The molecule has 0 saturated carbocycles. The molecule has 2 heterocycles. The highest BCUT2D eigenvalue weighted by molar-refractivity contribution is 7.73. The molecule has 3 rings (SSSR count). The van der Waals surface area contributed by atoms with Gasteiger partial charge in [0, 0.05) is 26.2 Å². The summed E-state index contributed by atoms with van der Waals surface area (Å²) >= 11 is 0. The summed E-state index contributed by atoms with van der Waals surface area (Å²) in [5.74, 6) is 0. The van der Waals surface area contributed by atoms with Gasteiger partial charge >= 0.3 is 7.87 Å². The zero-order chi connectivity index (χ0) is 13.8. The second kappa shape index (κ2) is 6.51. The van der Waals surface area contributed by atoms with Crippen LogP contribution in [0.1, 0.15) is 38.5 Å². The zero-order valence-electron chi connectivity index (χ0n) is 12.2. The Kier molecular flexibility index (Phi) is 4.70. The van der Waals surface area contributed by atoms with Crippen molar-refractivity contribution in [2.75, 3.05) is 26.2 Å². The summed E-state index contributed by atoms with van der Waals surface area (Å²) < 4.78 is 20.6. The van der Waals surface area contributed by atoms with E-state index in [2.05, 4.69) is 9.34 Å². The van der Waals surface area contributed by atoms with Crippen LogP contribution in [-0.4, -0.2) is 35.5 Å². The standard InChI is InChI=1S/C16H25FN2P/c17-20(16-10-4-1-5-11-16,18-12-6-2-7-13-18)19-14-8-3-9-15-19/h1,4-5,10-11H,2-3,6-9,12-15H2/q+1. The van der Waals surface area contributed by atoms with Crippen LogP contribution < -0.4 is 5.30 Å². The molecule has 0 spiro atoms. The Balaban J connectivity index is 1.92. The molecule has 1 aromatic carbocycles. The van der Waals surface area contributed by atoms with Gasteiger partial charge in [-0.25, -0.2) is 0 Å². The van der Waals surface area contributed by atoms with Crippen molar-refractivity contribution in [3.8, 4) is 0 Å². The summed E-state index contributed by atoms with van der Waals surface area (Å²) in [4.78, 5) is 0. The molecule has 2 aliphatic heterocycles. The highest BCUT2D eigenvalue weighted by Crippen LogP contribution is 2.66. The minimum Gasteiger partial charge on any atom is -0.130 e. The molecule has 0 N–H and O–H groups in total. The molecule has 0 aromatic heterocycles. The van der Waals surface area contributed by atoms with E-state index in [-0.39, 0.29) is 0 Å². The number of hydrogen-bond acceptors (Lipinski definition) is 2. The van der Waals surface area contributed by atoms with Crippen LogP contribution >= 0.6 is 7.87 Å². The second-order valence-electron chi connectivity index (χ2n) is 5.89. The molecule has 0 amide bonds. The van der Waals surface area contributed by atoms with Crippen molar-refractivity contribution in [2.24, 2.45) is 0 Å². The van der Waals surface area contributed by atoms with Crippen molar-refractivity contribution in [1.82, 2.24) is 9.34 Å². The van der Waals surface area contributed by atoms with E-state index in [9.17, 15) is 0 Å². The predicted molar refractivity (Wildman–Crippen MR) is 85.0 cm³/mol. The predicted octanol–water partition coefficient (Wildman–Crippen LogP) is 4.02. The van der Waals surface area contributed by atoms with Crippen molar-refractivity contribution < 1.29 is 4.20 Å². The molecule has 2 saturated heterocycles. The average Bonchev–Trinajstić information content (AvgIpc) is 2.56. The van der Waals surface area contributed by atoms with Crippen LogP contribution in [0.2, 0.25) is 0 Å². The molecule has 110 valence electrons. The molecule has 2 aliphatic rings. The lowest BCUT2D eigenvalue weighted by Crippen LogP contribution is -2.43. The fraction of sp³-hybridized carbons (Fsp3) is 0.625. The molecular weight excluding hydrogens is 270 g/mol. The Hall–Kier alpha value is -0.500. The molecule has 0 unspecified atom stereocenters. The number of nitrogens with zero attached hydrogens (tertiary/aromatic N) is 2. The number of rotatable bonds is 3. The van der Waals surface area contributed by atoms with Crippen molar-refractivity contribution in [1.29, 1.82) is 0 Å². The minimum absolute atomic E-state index is 0.920. The maximum absolute atomic E-state index is 16.3. The van der Waals surface area contributed by atoms with Crippen molar-refractivity contribution in [2.45, 2.75) is 38.5 Å². The Morgan fingerprint density at radius 2 is 1.15 bits per heavy atom. The van der Waals surface area contributed by atoms with Gasteiger partial charge in [0.25, 0.3) is 0 Å². The minimum atomic E-state index is -2.81. The normalized spacial score (nSPS) is 22.9. The van der Waals surface area contributed by atoms with E-state index in [0.29, 0.717) is 0 Å². The maximum atomic E-state index is 16.3. The van der Waals surface area contributed by atoms with E-state index in [0.717, 1.165) is 57.2 Å². The highest BCUT2D eigenvalue weighted by atomic mass is 31.2. The van der Waals surface area contributed by atoms with Gasteiger partial charge in [-0.15, -0.1) is 9.34 Å². The van der Waals surface area contributed by atoms with Crippen LogP contribution in [-0.2, 0) is 0 Å². The Labute approximate surface area is 122 Å². The molecule has 20 heavy (non-hydrogen) atoms. The first-order valence-corrected chi connectivity index (χ1v) is 9.55. The Morgan fingerprint density at radius 1 is 0.700 bits per heavy atom. The van der Waals surface area contributed by atoms with E-state index >= 15 is 4.20 Å². The van der Waals surface area contributed by atoms with E-state index in [1.54, 1.807) is 0 Å². The lowest BCUT2D eigenvalue weighted by Gasteiger charge is -2.38. The van der Waals surface area contributed by atoms with Crippen LogP contribution in [0.3, 0.4) is 0 Å². The van der Waals surface area contributed by atoms with Gasteiger partial charge in [0.15, 0.2) is 5.30 Å². The first-order valence-electron chi connectivity index (χ1n) is 7.97. The summed E-state index contributed by atoms with van der Waals surface area (Å²) in [5.41, 5.74) is 0. The molecule has 0 atom stereocenters. The largest absolute Gasteiger partial charge is 0.382 e. The number of hydrogen-bond donors (Lipinski definition) is 0. The quantitative estimate of drug-likeness (QED) is 0.777. The SMILES string of the molecule is F[P+](c1ccccc1)(N1CCCCC1)N1CCCCC1. The molecule has 0 aliphatic carbocycles. The number of piperidine rings is 2. The van der Waals surface area contributed by atoms with Crippen molar-refractivity contribution in [3.63, 3.8) is 0 Å². The van der Waals surface area contributed by atoms with Gasteiger partial charge in [-0.2, -0.15) is 0 Å². The monoisotopic (exact) mass is 295 g/mol. The van der Waals surface area contributed by atoms with Gasteiger partial charge < -0.3 is 0 Å². The van der Waals surface area contributed by atoms with Crippen LogP contribution in [0, 0.1) is 0 Å². The first kappa shape index (κ1) is 14.4. The van der Waals surface area contributed by atoms with Gasteiger partial charge in [0.2, 0.25) is 0 Å². The molecule has 2 fully saturated rings. The van der Waals surface area contributed by atoms with Crippen molar-refractivity contribution >= 4 is 13.2 Å². The molecule has 1 aromatic rings. The van der Waals surface area contributed by atoms with Crippen LogP contribution in [0.4, 0.5) is 4.20 Å². The van der Waals surface area contributed by atoms with Gasteiger partial charge in [-0.3, -0.25) is 0 Å². The Morgan fingerprint density at radius 3 is 1.60 bits per heavy atom. The van der Waals surface area contributed by atoms with Crippen LogP contribution in [0.15, 0.2) is 30.3 Å². The summed E-state index contributed by atoms with van der Waals surface area (Å²) in [5, 5.41) is 0.920. The van der Waals surface area contributed by atoms with Gasteiger partial charge in [0.05, 0.1) is 0 Å². The molecule has 0 bridgehead atoms. The fourth-order valence-electron chi connectivity index (χ4n) is 3.41. The van der Waals surface area contributed by atoms with Gasteiger partial charge in [-0.1, -0.05) is 31.0 Å². The molecule has 2 nitrogen and oxygen atoms in total. The Bertz CT molecular complexity index is 396. The number of benzene rings is 1. The summed E-state index contributed by atoms with van der Waals surface area (Å²) in [6.07, 6.45) is 7.09. The average molecular weight is 295 g/mol. The topological polar surface area (TPSA) is 6.48 Å². The van der Waals surface area contributed by atoms with Crippen LogP contribution in [0.5, 0.6) is 0 Å². The van der Waals surface area contributed by atoms with E-state index in [1.807, 2.05) is 30.3 Å². The second-order valence-corrected chi connectivity index (χ2v) is 8.59. The van der Waals surface area contributed by atoms with Crippen LogP contribution in [0.25, 0.3) is 0 Å². The highest BCUT2D eigenvalue weighted by Gasteiger charge is 2.55. The summed E-state index contributed by atoms with van der Waals surface area (Å²) in [6.45, 7) is 3.71. The molecular formula is C16H25FN2P+. The fourth-order valence-corrected chi connectivity index (χ4v) is 6.60. The summed E-state index contributed by atoms with van der Waals surface area (Å²) in [6, 6.07) is 9.95. The van der Waals surface area contributed by atoms with Crippen molar-refractivity contribution in [3.05, 3.63) is 30.3 Å². The third-order valence-electron chi connectivity index (χ3n) is 4.50. The van der Waals surface area contributed by atoms with Gasteiger partial charge in [-0.05, 0) is 42.0 Å². The van der Waals surface area contributed by atoms with E-state index in [4.69, 9.17) is 0 Å². The third-order valence-corrected chi connectivity index (χ3v) is 7.75. The molecule has 4 heteroatoms. The third kappa shape index (κ3) is 2.77. The lowest BCUT2D eigenvalue weighted by molar-refractivity contribution is 0.283. The first-order chi connectivity index (χ1) is 9.82. The number of halogens is 1.